The van der Waals surface area contributed by atoms with Crippen LogP contribution in [0.3, 0.4) is 0 Å². The minimum Gasteiger partial charge on any atom is -0.356 e. The second-order valence-corrected chi connectivity index (χ2v) is 5.33. The highest BCUT2D eigenvalue weighted by atomic mass is 79.9. The molecule has 0 radical (unpaired) electrons. The van der Waals surface area contributed by atoms with E-state index in [1.807, 2.05) is 0 Å². The van der Waals surface area contributed by atoms with E-state index in [0.29, 0.717) is 21.4 Å². The van der Waals surface area contributed by atoms with E-state index in [-0.39, 0.29) is 11.7 Å². The summed E-state index contributed by atoms with van der Waals surface area (Å²) in [6.07, 6.45) is -4.50. The van der Waals surface area contributed by atoms with Crippen molar-refractivity contribution in [1.29, 1.82) is 0 Å². The predicted molar refractivity (Wildman–Crippen MR) is 66.3 cm³/mol. The lowest BCUT2D eigenvalue weighted by Crippen LogP contribution is -2.03. The fraction of sp³-hybridized carbons (Fsp3) is 0.200. The van der Waals surface area contributed by atoms with Crippen molar-refractivity contribution < 1.29 is 17.6 Å². The van der Waals surface area contributed by atoms with E-state index in [0.717, 1.165) is 0 Å². The third-order valence-electron chi connectivity index (χ3n) is 2.11. The van der Waals surface area contributed by atoms with E-state index in [4.69, 9.17) is 0 Å². The van der Waals surface area contributed by atoms with Gasteiger partial charge in [0.25, 0.3) is 0 Å². The molecule has 0 bridgehead atoms. The Hall–Kier alpha value is -1.22. The van der Waals surface area contributed by atoms with Crippen molar-refractivity contribution in [2.75, 3.05) is 5.32 Å². The Morgan fingerprint density at radius 2 is 2.00 bits per heavy atom. The van der Waals surface area contributed by atoms with Crippen LogP contribution in [0.4, 0.5) is 22.7 Å². The molecule has 1 aromatic carbocycles. The van der Waals surface area contributed by atoms with Gasteiger partial charge in [0, 0.05) is 11.0 Å². The van der Waals surface area contributed by atoms with Crippen molar-refractivity contribution >= 4 is 32.4 Å². The number of rotatable bonds is 3. The van der Waals surface area contributed by atoms with E-state index in [1.165, 1.54) is 18.2 Å². The average molecular weight is 356 g/mol. The van der Waals surface area contributed by atoms with Gasteiger partial charge in [0.15, 0.2) is 0 Å². The SMILES string of the molecule is Fc1ccc(Br)c(CNc2nnc(C(F)(F)F)s2)c1. The number of hydrogen-bond acceptors (Lipinski definition) is 4. The third-order valence-corrected chi connectivity index (χ3v) is 3.80. The summed E-state index contributed by atoms with van der Waals surface area (Å²) in [6, 6.07) is 4.08. The Morgan fingerprint density at radius 1 is 1.26 bits per heavy atom. The molecule has 0 saturated carbocycles. The van der Waals surface area contributed by atoms with Crippen LogP contribution in [-0.2, 0) is 12.7 Å². The second kappa shape index (κ2) is 5.41. The fourth-order valence-electron chi connectivity index (χ4n) is 1.26. The lowest BCUT2D eigenvalue weighted by atomic mass is 10.2. The Labute approximate surface area is 117 Å². The molecular weight excluding hydrogens is 350 g/mol. The lowest BCUT2D eigenvalue weighted by molar-refractivity contribution is -0.138. The minimum absolute atomic E-state index is 0.0310. The molecule has 0 aliphatic rings. The predicted octanol–water partition coefficient (Wildman–Crippen LogP) is 4.07. The maximum absolute atomic E-state index is 13.0. The van der Waals surface area contributed by atoms with E-state index in [2.05, 4.69) is 31.4 Å². The van der Waals surface area contributed by atoms with Gasteiger partial charge in [-0.1, -0.05) is 27.3 Å². The van der Waals surface area contributed by atoms with Crippen molar-refractivity contribution in [1.82, 2.24) is 10.2 Å². The summed E-state index contributed by atoms with van der Waals surface area (Å²) in [5.41, 5.74) is 0.573. The van der Waals surface area contributed by atoms with Crippen molar-refractivity contribution in [3.05, 3.63) is 39.1 Å². The number of aromatic nitrogens is 2. The number of benzene rings is 1. The first kappa shape index (κ1) is 14.2. The molecule has 19 heavy (non-hydrogen) atoms. The Morgan fingerprint density at radius 3 is 2.63 bits per heavy atom. The molecule has 0 fully saturated rings. The zero-order valence-corrected chi connectivity index (χ0v) is 11.5. The van der Waals surface area contributed by atoms with Gasteiger partial charge in [0.2, 0.25) is 10.1 Å². The summed E-state index contributed by atoms with van der Waals surface area (Å²) >= 11 is 3.62. The molecule has 3 nitrogen and oxygen atoms in total. The highest BCUT2D eigenvalue weighted by Gasteiger charge is 2.35. The molecule has 0 atom stereocenters. The quantitative estimate of drug-likeness (QED) is 0.843. The van der Waals surface area contributed by atoms with Crippen LogP contribution in [0, 0.1) is 5.82 Å². The molecule has 102 valence electrons. The molecule has 0 amide bonds. The summed E-state index contributed by atoms with van der Waals surface area (Å²) in [7, 11) is 0. The number of anilines is 1. The summed E-state index contributed by atoms with van der Waals surface area (Å²) in [5.74, 6) is -0.423. The zero-order chi connectivity index (χ0) is 14.0. The van der Waals surface area contributed by atoms with Crippen molar-refractivity contribution in [2.45, 2.75) is 12.7 Å². The third kappa shape index (κ3) is 3.63. The van der Waals surface area contributed by atoms with Crippen LogP contribution in [0.5, 0.6) is 0 Å². The van der Waals surface area contributed by atoms with Crippen LogP contribution in [0.15, 0.2) is 22.7 Å². The molecule has 0 unspecified atom stereocenters. The van der Waals surface area contributed by atoms with Gasteiger partial charge in [-0.3, -0.25) is 0 Å². The number of nitrogens with zero attached hydrogens (tertiary/aromatic N) is 2. The summed E-state index contributed by atoms with van der Waals surface area (Å²) < 4.78 is 50.6. The van der Waals surface area contributed by atoms with Gasteiger partial charge in [-0.2, -0.15) is 13.2 Å². The normalized spacial score (nSPS) is 11.6. The summed E-state index contributed by atoms with van der Waals surface area (Å²) in [4.78, 5) is 0. The average Bonchev–Trinajstić information content (AvgIpc) is 2.79. The van der Waals surface area contributed by atoms with Crippen molar-refractivity contribution in [2.24, 2.45) is 0 Å². The highest BCUT2D eigenvalue weighted by Crippen LogP contribution is 2.33. The highest BCUT2D eigenvalue weighted by molar-refractivity contribution is 9.10. The topological polar surface area (TPSA) is 37.8 Å². The molecule has 0 saturated heterocycles. The molecule has 0 aliphatic carbocycles. The first-order chi connectivity index (χ1) is 8.86. The largest absolute Gasteiger partial charge is 0.445 e. The maximum Gasteiger partial charge on any atom is 0.445 e. The Bertz CT molecular complexity index is 584. The maximum atomic E-state index is 13.0. The van der Waals surface area contributed by atoms with Gasteiger partial charge in [-0.05, 0) is 23.8 Å². The van der Waals surface area contributed by atoms with Gasteiger partial charge < -0.3 is 5.32 Å². The molecular formula is C10H6BrF4N3S. The Kier molecular flexibility index (Phi) is 4.04. The molecule has 0 spiro atoms. The van der Waals surface area contributed by atoms with Crippen LogP contribution in [0.1, 0.15) is 10.6 Å². The van der Waals surface area contributed by atoms with Gasteiger partial charge in [0.1, 0.15) is 5.82 Å². The fourth-order valence-corrected chi connectivity index (χ4v) is 2.25. The number of halogens is 5. The first-order valence-corrected chi connectivity index (χ1v) is 6.56. The summed E-state index contributed by atoms with van der Waals surface area (Å²) in [5, 5.41) is 8.09. The van der Waals surface area contributed by atoms with E-state index < -0.39 is 17.0 Å². The molecule has 2 aromatic rings. The van der Waals surface area contributed by atoms with E-state index >= 15 is 0 Å². The number of hydrogen-bond donors (Lipinski definition) is 1. The smallest absolute Gasteiger partial charge is 0.356 e. The van der Waals surface area contributed by atoms with Crippen molar-refractivity contribution in [3.8, 4) is 0 Å². The minimum atomic E-state index is -4.50. The van der Waals surface area contributed by atoms with Gasteiger partial charge in [0.05, 0.1) is 0 Å². The first-order valence-electron chi connectivity index (χ1n) is 4.95. The number of alkyl halides is 3. The van der Waals surface area contributed by atoms with Crippen LogP contribution in [-0.4, -0.2) is 10.2 Å². The van der Waals surface area contributed by atoms with Crippen LogP contribution in [0.2, 0.25) is 0 Å². The van der Waals surface area contributed by atoms with E-state index in [1.54, 1.807) is 0 Å². The van der Waals surface area contributed by atoms with E-state index in [9.17, 15) is 17.6 Å². The molecule has 1 aromatic heterocycles. The van der Waals surface area contributed by atoms with Crippen LogP contribution < -0.4 is 5.32 Å². The second-order valence-electron chi connectivity index (χ2n) is 3.50. The summed E-state index contributed by atoms with van der Waals surface area (Å²) in [6.45, 7) is 0.144. The zero-order valence-electron chi connectivity index (χ0n) is 9.13. The molecule has 2 rings (SSSR count). The molecule has 9 heteroatoms. The van der Waals surface area contributed by atoms with Gasteiger partial charge in [-0.25, -0.2) is 4.39 Å². The number of nitrogens with one attached hydrogen (secondary N) is 1. The monoisotopic (exact) mass is 355 g/mol. The van der Waals surface area contributed by atoms with Crippen LogP contribution >= 0.6 is 27.3 Å². The standard InChI is InChI=1S/C10H6BrF4N3S/c11-7-2-1-6(12)3-5(7)4-16-9-18-17-8(19-9)10(13,14)15/h1-3H,4H2,(H,16,18). The molecule has 1 N–H and O–H groups in total. The van der Waals surface area contributed by atoms with Gasteiger partial charge >= 0.3 is 6.18 Å². The molecule has 1 heterocycles. The van der Waals surface area contributed by atoms with Crippen molar-refractivity contribution in [3.63, 3.8) is 0 Å². The van der Waals surface area contributed by atoms with Gasteiger partial charge in [-0.15, -0.1) is 10.2 Å². The molecule has 0 aliphatic heterocycles. The van der Waals surface area contributed by atoms with Crippen LogP contribution in [0.25, 0.3) is 0 Å². The Balaban J connectivity index is 2.06. The lowest BCUT2D eigenvalue weighted by Gasteiger charge is -2.05.